The average Bonchev–Trinajstić information content (AvgIpc) is 3.50. The van der Waals surface area contributed by atoms with Gasteiger partial charge in [-0.15, -0.1) is 23.1 Å². The maximum absolute atomic E-state index is 13.3. The maximum Gasteiger partial charge on any atom is 0.407 e. The van der Waals surface area contributed by atoms with Crippen LogP contribution in [-0.4, -0.2) is 55.0 Å². The van der Waals surface area contributed by atoms with E-state index in [1.807, 2.05) is 36.1 Å². The molecule has 1 aromatic carbocycles. The topological polar surface area (TPSA) is 146 Å². The van der Waals surface area contributed by atoms with Crippen molar-refractivity contribution in [1.29, 1.82) is 0 Å². The quantitative estimate of drug-likeness (QED) is 0.310. The second-order valence-corrected chi connectivity index (χ2v) is 11.8. The Bertz CT molecular complexity index is 1170. The van der Waals surface area contributed by atoms with Crippen LogP contribution in [0.25, 0.3) is 0 Å². The predicted molar refractivity (Wildman–Crippen MR) is 143 cm³/mol. The molecule has 2 heterocycles. The Balaban J connectivity index is 1.82. The molecule has 3 rings (SSSR count). The number of methoxy groups -OCH3 is 1. The minimum Gasteiger partial charge on any atom is -0.453 e. The second kappa shape index (κ2) is 12.6. The number of anilines is 1. The Hall–Kier alpha value is -2.61. The monoisotopic (exact) mass is 554 g/mol. The van der Waals surface area contributed by atoms with Crippen molar-refractivity contribution in [3.05, 3.63) is 52.2 Å². The van der Waals surface area contributed by atoms with Gasteiger partial charge < -0.3 is 15.4 Å². The molecule has 36 heavy (non-hydrogen) atoms. The molecule has 0 radical (unpaired) electrons. The number of hydrogen-bond donors (Lipinski definition) is 4. The van der Waals surface area contributed by atoms with Crippen molar-refractivity contribution in [2.75, 3.05) is 17.6 Å². The molecule has 1 aromatic heterocycles. The molecule has 3 atom stereocenters. The molecule has 0 saturated heterocycles. The van der Waals surface area contributed by atoms with Crippen LogP contribution >= 0.6 is 23.1 Å². The summed E-state index contributed by atoms with van der Waals surface area (Å²) in [5.74, 6) is 0.571. The standard InChI is InChI=1S/C23H30N4O6S3/c1-14(2)11-17(26-23(29)33-3)21(28)24-18(22-25-19(13-35-22)20-5-4-10-34-20)12-15-6-8-16(9-7-15)27-36(30,31)32/h4-10,14,17-19,27H,11-13H2,1-3H3,(H,24,28)(H,26,29)(H,30,31,32)/t17-,18-,19?/m0/s1. The molecule has 0 aliphatic carbocycles. The Morgan fingerprint density at radius 2 is 1.92 bits per heavy atom. The van der Waals surface area contributed by atoms with Gasteiger partial charge in [-0.2, -0.15) is 8.42 Å². The third kappa shape index (κ3) is 8.50. The zero-order chi connectivity index (χ0) is 26.3. The fourth-order valence-electron chi connectivity index (χ4n) is 3.68. The van der Waals surface area contributed by atoms with Crippen molar-refractivity contribution in [2.45, 2.75) is 44.8 Å². The molecule has 1 unspecified atom stereocenters. The zero-order valence-electron chi connectivity index (χ0n) is 20.1. The number of aliphatic imine (C=N–C) groups is 1. The van der Waals surface area contributed by atoms with Gasteiger partial charge in [0, 0.05) is 10.6 Å². The van der Waals surface area contributed by atoms with Gasteiger partial charge in [0.15, 0.2) is 0 Å². The largest absolute Gasteiger partial charge is 0.453 e. The highest BCUT2D eigenvalue weighted by atomic mass is 32.2. The van der Waals surface area contributed by atoms with Gasteiger partial charge in [0.1, 0.15) is 6.04 Å². The van der Waals surface area contributed by atoms with Gasteiger partial charge in [-0.25, -0.2) is 4.79 Å². The van der Waals surface area contributed by atoms with E-state index in [1.165, 1.54) is 19.2 Å². The Labute approximate surface area is 219 Å². The van der Waals surface area contributed by atoms with E-state index in [2.05, 4.69) is 10.6 Å². The summed E-state index contributed by atoms with van der Waals surface area (Å²) < 4.78 is 37.8. The van der Waals surface area contributed by atoms with Crippen LogP contribution in [-0.2, 0) is 26.3 Å². The fourth-order valence-corrected chi connectivity index (χ4v) is 6.11. The summed E-state index contributed by atoms with van der Waals surface area (Å²) >= 11 is 3.21. The van der Waals surface area contributed by atoms with E-state index in [0.29, 0.717) is 12.8 Å². The van der Waals surface area contributed by atoms with E-state index in [9.17, 15) is 18.0 Å². The van der Waals surface area contributed by atoms with Crippen LogP contribution in [0.1, 0.15) is 36.8 Å². The lowest BCUT2D eigenvalue weighted by molar-refractivity contribution is -0.123. The molecule has 13 heteroatoms. The average molecular weight is 555 g/mol. The molecular formula is C23H30N4O6S3. The molecule has 0 fully saturated rings. The molecule has 0 spiro atoms. The number of rotatable bonds is 11. The van der Waals surface area contributed by atoms with Crippen molar-refractivity contribution < 1.29 is 27.3 Å². The summed E-state index contributed by atoms with van der Waals surface area (Å²) in [6.07, 6.45) is 0.147. The van der Waals surface area contributed by atoms with Crippen LogP contribution in [0, 0.1) is 5.92 Å². The number of ether oxygens (including phenoxy) is 1. The van der Waals surface area contributed by atoms with Gasteiger partial charge >= 0.3 is 16.4 Å². The lowest BCUT2D eigenvalue weighted by atomic mass is 10.0. The maximum atomic E-state index is 13.3. The lowest BCUT2D eigenvalue weighted by Gasteiger charge is -2.24. The Morgan fingerprint density at radius 1 is 1.19 bits per heavy atom. The highest BCUT2D eigenvalue weighted by molar-refractivity contribution is 8.14. The van der Waals surface area contributed by atoms with Gasteiger partial charge in [0.25, 0.3) is 0 Å². The van der Waals surface area contributed by atoms with Crippen LogP contribution in [0.15, 0.2) is 46.8 Å². The highest BCUT2D eigenvalue weighted by Crippen LogP contribution is 2.34. The number of benzene rings is 1. The zero-order valence-corrected chi connectivity index (χ0v) is 22.6. The van der Waals surface area contributed by atoms with E-state index in [1.54, 1.807) is 35.2 Å². The van der Waals surface area contributed by atoms with Crippen molar-refractivity contribution in [2.24, 2.45) is 10.9 Å². The SMILES string of the molecule is COC(=O)N[C@@H](CC(C)C)C(=O)N[C@@H](Cc1ccc(NS(=O)(=O)O)cc1)C1=NC(c2cccs2)CS1. The number of nitrogens with one attached hydrogen (secondary N) is 3. The molecule has 2 aromatic rings. The Morgan fingerprint density at radius 3 is 2.50 bits per heavy atom. The van der Waals surface area contributed by atoms with Crippen LogP contribution < -0.4 is 15.4 Å². The summed E-state index contributed by atoms with van der Waals surface area (Å²) in [5, 5.41) is 8.45. The third-order valence-electron chi connectivity index (χ3n) is 5.30. The van der Waals surface area contributed by atoms with E-state index in [-0.39, 0.29) is 23.6 Å². The van der Waals surface area contributed by atoms with Gasteiger partial charge in [-0.3, -0.25) is 19.1 Å². The van der Waals surface area contributed by atoms with E-state index in [4.69, 9.17) is 14.3 Å². The first kappa shape index (κ1) is 28.0. The summed E-state index contributed by atoms with van der Waals surface area (Å²) in [6, 6.07) is 9.27. The van der Waals surface area contributed by atoms with Gasteiger partial charge in [-0.05, 0) is 47.9 Å². The molecule has 2 amide bonds. The number of alkyl carbamates (subject to hydrolysis) is 1. The van der Waals surface area contributed by atoms with E-state index >= 15 is 0 Å². The van der Waals surface area contributed by atoms with Crippen LogP contribution in [0.3, 0.4) is 0 Å². The molecule has 0 saturated carbocycles. The minimum atomic E-state index is -4.37. The number of carbonyl (C=O) groups excluding carboxylic acids is 2. The number of hydrogen-bond acceptors (Lipinski definition) is 8. The molecular weight excluding hydrogens is 524 g/mol. The molecule has 196 valence electrons. The molecule has 1 aliphatic rings. The first-order chi connectivity index (χ1) is 17.0. The van der Waals surface area contributed by atoms with E-state index < -0.39 is 28.5 Å². The number of thiophene rings is 1. The molecule has 1 aliphatic heterocycles. The first-order valence-corrected chi connectivity index (χ1v) is 14.6. The van der Waals surface area contributed by atoms with Crippen LogP contribution in [0.4, 0.5) is 10.5 Å². The van der Waals surface area contributed by atoms with Gasteiger partial charge in [0.2, 0.25) is 5.91 Å². The highest BCUT2D eigenvalue weighted by Gasteiger charge is 2.31. The molecule has 0 bridgehead atoms. The summed E-state index contributed by atoms with van der Waals surface area (Å²) in [7, 11) is -3.13. The fraction of sp³-hybridized carbons (Fsp3) is 0.435. The number of thioether (sulfide) groups is 1. The van der Waals surface area contributed by atoms with Crippen molar-refractivity contribution >= 4 is 56.1 Å². The number of carbonyl (C=O) groups is 2. The van der Waals surface area contributed by atoms with Crippen molar-refractivity contribution in [3.8, 4) is 0 Å². The summed E-state index contributed by atoms with van der Waals surface area (Å²) in [4.78, 5) is 31.1. The summed E-state index contributed by atoms with van der Waals surface area (Å²) in [6.45, 7) is 3.92. The molecule has 10 nitrogen and oxygen atoms in total. The van der Waals surface area contributed by atoms with Crippen molar-refractivity contribution in [3.63, 3.8) is 0 Å². The van der Waals surface area contributed by atoms with Gasteiger partial charge in [-0.1, -0.05) is 32.0 Å². The van der Waals surface area contributed by atoms with E-state index in [0.717, 1.165) is 21.2 Å². The van der Waals surface area contributed by atoms with Crippen LogP contribution in [0.2, 0.25) is 0 Å². The Kier molecular flexibility index (Phi) is 9.77. The normalized spacial score (nSPS) is 17.2. The number of amides is 2. The lowest BCUT2D eigenvalue weighted by Crippen LogP contribution is -2.52. The predicted octanol–water partition coefficient (Wildman–Crippen LogP) is 3.65. The second-order valence-electron chi connectivity index (χ2n) is 8.67. The first-order valence-electron chi connectivity index (χ1n) is 11.3. The third-order valence-corrected chi connectivity index (χ3v) is 7.94. The van der Waals surface area contributed by atoms with Gasteiger partial charge in [0.05, 0.1) is 29.9 Å². The van der Waals surface area contributed by atoms with Crippen LogP contribution in [0.5, 0.6) is 0 Å². The molecule has 4 N–H and O–H groups in total. The minimum absolute atomic E-state index is 0.00499. The number of nitrogens with zero attached hydrogens (tertiary/aromatic N) is 1. The van der Waals surface area contributed by atoms with Crippen molar-refractivity contribution in [1.82, 2.24) is 10.6 Å². The smallest absolute Gasteiger partial charge is 0.407 e. The summed E-state index contributed by atoms with van der Waals surface area (Å²) in [5.41, 5.74) is 1.04.